The highest BCUT2D eigenvalue weighted by molar-refractivity contribution is 7.17. The van der Waals surface area contributed by atoms with Gasteiger partial charge < -0.3 is 9.69 Å². The van der Waals surface area contributed by atoms with Gasteiger partial charge in [0.15, 0.2) is 5.13 Å². The highest BCUT2D eigenvalue weighted by Gasteiger charge is 2.25. The molecule has 37 heavy (non-hydrogen) atoms. The zero-order chi connectivity index (χ0) is 25.8. The van der Waals surface area contributed by atoms with Crippen LogP contribution in [0.5, 0.6) is 0 Å². The van der Waals surface area contributed by atoms with Gasteiger partial charge in [-0.05, 0) is 50.2 Å². The van der Waals surface area contributed by atoms with E-state index in [4.69, 9.17) is 4.98 Å². The van der Waals surface area contributed by atoms with E-state index in [-0.39, 0.29) is 11.6 Å². The molecule has 2 aliphatic heterocycles. The van der Waals surface area contributed by atoms with Crippen molar-refractivity contribution in [1.82, 2.24) is 24.8 Å². The number of aldehydes is 1. The van der Waals surface area contributed by atoms with Crippen LogP contribution in [0.2, 0.25) is 0 Å². The number of rotatable bonds is 9. The second kappa shape index (κ2) is 11.8. The third-order valence-corrected chi connectivity index (χ3v) is 9.06. The number of thiazole rings is 1. The lowest BCUT2D eigenvalue weighted by atomic mass is 10.2. The molecule has 0 spiro atoms. The van der Waals surface area contributed by atoms with Gasteiger partial charge in [0.2, 0.25) is 0 Å². The number of anilines is 2. The van der Waals surface area contributed by atoms with Crippen LogP contribution < -0.4 is 10.2 Å². The maximum Gasteiger partial charge on any atom is 0.277 e. The molecule has 5 heterocycles. The summed E-state index contributed by atoms with van der Waals surface area (Å²) in [7, 11) is 0. The molecule has 2 saturated heterocycles. The summed E-state index contributed by atoms with van der Waals surface area (Å²) in [5.74, 6) is 0.458. The number of aryl methyl sites for hydroxylation is 1. The van der Waals surface area contributed by atoms with Gasteiger partial charge >= 0.3 is 0 Å². The maximum absolute atomic E-state index is 13.0. The van der Waals surface area contributed by atoms with Crippen LogP contribution in [0.4, 0.5) is 10.9 Å². The molecule has 0 aromatic carbocycles. The van der Waals surface area contributed by atoms with Crippen molar-refractivity contribution in [2.24, 2.45) is 0 Å². The summed E-state index contributed by atoms with van der Waals surface area (Å²) in [5.41, 5.74) is 2.45. The number of amides is 1. The molecule has 0 bridgehead atoms. The van der Waals surface area contributed by atoms with Crippen molar-refractivity contribution < 1.29 is 9.59 Å². The van der Waals surface area contributed by atoms with Gasteiger partial charge in [0, 0.05) is 56.6 Å². The predicted octanol–water partition coefficient (Wildman–Crippen LogP) is 3.92. The Morgan fingerprint density at radius 1 is 1.19 bits per heavy atom. The smallest absolute Gasteiger partial charge is 0.277 e. The standard InChI is InChI=1S/C26H33N7O2S2/c1-18-13-21(36-17-18)24-22(16-33-7-3-5-19(33)2)37-26(29-24)30-25(35)20-14-28-23(15-27-20)32-10-8-31(9-11-32)6-4-12-34/h12-15,17,19H,3-11,16H2,1-2H3,(H,29,30,35). The molecule has 0 saturated carbocycles. The van der Waals surface area contributed by atoms with E-state index in [2.05, 4.69) is 55.3 Å². The summed E-state index contributed by atoms with van der Waals surface area (Å²) < 4.78 is 0. The minimum Gasteiger partial charge on any atom is -0.353 e. The summed E-state index contributed by atoms with van der Waals surface area (Å²) in [4.78, 5) is 46.6. The van der Waals surface area contributed by atoms with Crippen LogP contribution in [0, 0.1) is 6.92 Å². The Morgan fingerprint density at radius 2 is 2.03 bits per heavy atom. The summed E-state index contributed by atoms with van der Waals surface area (Å²) in [6.45, 7) is 10.5. The van der Waals surface area contributed by atoms with Crippen molar-refractivity contribution in [2.45, 2.75) is 45.7 Å². The fourth-order valence-electron chi connectivity index (χ4n) is 4.87. The second-order valence-electron chi connectivity index (χ2n) is 9.74. The molecule has 3 aromatic heterocycles. The zero-order valence-corrected chi connectivity index (χ0v) is 23.0. The molecule has 1 N–H and O–H groups in total. The van der Waals surface area contributed by atoms with Crippen LogP contribution in [0.3, 0.4) is 0 Å². The SMILES string of the molecule is Cc1csc(-c2nc(NC(=O)c3cnc(N4CCN(CCC=O)CC4)cn3)sc2CN2CCCC2C)c1. The lowest BCUT2D eigenvalue weighted by Crippen LogP contribution is -2.47. The van der Waals surface area contributed by atoms with Crippen LogP contribution in [0.1, 0.15) is 47.1 Å². The van der Waals surface area contributed by atoms with Crippen molar-refractivity contribution in [2.75, 3.05) is 49.5 Å². The first-order valence-electron chi connectivity index (χ1n) is 12.8. The van der Waals surface area contributed by atoms with Crippen LogP contribution in [-0.4, -0.2) is 82.3 Å². The molecule has 5 rings (SSSR count). The number of hydrogen-bond donors (Lipinski definition) is 1. The molecule has 1 unspecified atom stereocenters. The van der Waals surface area contributed by atoms with Crippen LogP contribution >= 0.6 is 22.7 Å². The van der Waals surface area contributed by atoms with Gasteiger partial charge in [0.25, 0.3) is 5.91 Å². The largest absolute Gasteiger partial charge is 0.353 e. The van der Waals surface area contributed by atoms with Crippen LogP contribution in [-0.2, 0) is 11.3 Å². The third kappa shape index (κ3) is 6.23. The molecule has 0 aliphatic carbocycles. The van der Waals surface area contributed by atoms with E-state index in [1.54, 1.807) is 28.9 Å². The molecule has 2 aliphatic rings. The second-order valence-corrected chi connectivity index (χ2v) is 11.7. The number of thiophene rings is 1. The Kier molecular flexibility index (Phi) is 8.23. The number of hydrogen-bond acceptors (Lipinski definition) is 10. The van der Waals surface area contributed by atoms with Gasteiger partial charge in [0.05, 0.1) is 23.0 Å². The first-order valence-corrected chi connectivity index (χ1v) is 14.5. The van der Waals surface area contributed by atoms with Crippen molar-refractivity contribution in [3.8, 4) is 10.6 Å². The van der Waals surface area contributed by atoms with E-state index in [1.165, 1.54) is 29.5 Å². The van der Waals surface area contributed by atoms with Gasteiger partial charge in [-0.3, -0.25) is 19.9 Å². The van der Waals surface area contributed by atoms with Gasteiger partial charge in [-0.25, -0.2) is 15.0 Å². The van der Waals surface area contributed by atoms with Crippen LogP contribution in [0.25, 0.3) is 10.6 Å². The van der Waals surface area contributed by atoms with E-state index in [0.717, 1.165) is 68.5 Å². The molecule has 0 radical (unpaired) electrons. The minimum absolute atomic E-state index is 0.270. The van der Waals surface area contributed by atoms with Crippen molar-refractivity contribution in [3.63, 3.8) is 0 Å². The predicted molar refractivity (Wildman–Crippen MR) is 149 cm³/mol. The molecule has 9 nitrogen and oxygen atoms in total. The van der Waals surface area contributed by atoms with E-state index >= 15 is 0 Å². The molecule has 196 valence electrons. The van der Waals surface area contributed by atoms with E-state index in [0.29, 0.717) is 17.6 Å². The van der Waals surface area contributed by atoms with Gasteiger partial charge in [-0.1, -0.05) is 11.3 Å². The minimum atomic E-state index is -0.304. The number of likely N-dealkylation sites (tertiary alicyclic amines) is 1. The number of nitrogens with zero attached hydrogens (tertiary/aromatic N) is 6. The van der Waals surface area contributed by atoms with Gasteiger partial charge in [-0.2, -0.15) is 0 Å². The Labute approximate surface area is 225 Å². The normalized spacial score (nSPS) is 18.9. The van der Waals surface area contributed by atoms with Gasteiger partial charge in [-0.15, -0.1) is 11.3 Å². The fourth-order valence-corrected chi connectivity index (χ4v) is 6.85. The summed E-state index contributed by atoms with van der Waals surface area (Å²) in [6, 6.07) is 2.72. The van der Waals surface area contributed by atoms with E-state index in [9.17, 15) is 9.59 Å². The van der Waals surface area contributed by atoms with E-state index < -0.39 is 0 Å². The average Bonchev–Trinajstić information content (AvgIpc) is 3.63. The van der Waals surface area contributed by atoms with Gasteiger partial charge in [0.1, 0.15) is 17.8 Å². The summed E-state index contributed by atoms with van der Waals surface area (Å²) >= 11 is 3.24. The number of aromatic nitrogens is 3. The topological polar surface area (TPSA) is 94.6 Å². The van der Waals surface area contributed by atoms with E-state index in [1.807, 2.05) is 0 Å². The number of nitrogens with one attached hydrogen (secondary N) is 1. The third-order valence-electron chi connectivity index (χ3n) is 7.05. The zero-order valence-electron chi connectivity index (χ0n) is 21.4. The lowest BCUT2D eigenvalue weighted by Gasteiger charge is -2.34. The molecular weight excluding hydrogens is 506 g/mol. The monoisotopic (exact) mass is 539 g/mol. The van der Waals surface area contributed by atoms with Crippen LogP contribution in [0.15, 0.2) is 23.8 Å². The molecule has 2 fully saturated rings. The first-order chi connectivity index (χ1) is 18.0. The van der Waals surface area contributed by atoms with Crippen molar-refractivity contribution >= 4 is 45.8 Å². The molecule has 11 heteroatoms. The molecular formula is C26H33N7O2S2. The Morgan fingerprint density at radius 3 is 2.68 bits per heavy atom. The summed E-state index contributed by atoms with van der Waals surface area (Å²) in [6.07, 6.45) is 7.18. The summed E-state index contributed by atoms with van der Waals surface area (Å²) in [5, 5.41) is 5.68. The number of carbonyl (C=O) groups is 2. The maximum atomic E-state index is 13.0. The Balaban J connectivity index is 1.25. The Hall–Kier alpha value is -2.73. The highest BCUT2D eigenvalue weighted by atomic mass is 32.1. The number of piperazine rings is 1. The molecule has 3 aromatic rings. The van der Waals surface area contributed by atoms with Crippen molar-refractivity contribution in [1.29, 1.82) is 0 Å². The fraction of sp³-hybridized carbons (Fsp3) is 0.500. The lowest BCUT2D eigenvalue weighted by molar-refractivity contribution is -0.108. The quantitative estimate of drug-likeness (QED) is 0.409. The highest BCUT2D eigenvalue weighted by Crippen LogP contribution is 2.36. The molecule has 1 atom stereocenters. The average molecular weight is 540 g/mol. The molecule has 1 amide bonds. The van der Waals surface area contributed by atoms with Crippen molar-refractivity contribution in [3.05, 3.63) is 40.0 Å². The number of carbonyl (C=O) groups excluding carboxylic acids is 2. The first kappa shape index (κ1) is 25.9. The Bertz CT molecular complexity index is 1220.